The first-order chi connectivity index (χ1) is 5.52. The van der Waals surface area contributed by atoms with E-state index in [0.29, 0.717) is 22.7 Å². The topological polar surface area (TPSA) is 20.2 Å². The zero-order chi connectivity index (χ0) is 9.30. The summed E-state index contributed by atoms with van der Waals surface area (Å²) in [6, 6.07) is 0. The number of aliphatic hydroxyl groups excluding tert-OH is 1. The zero-order valence-electron chi connectivity index (χ0n) is 8.58. The fraction of sp³-hybridized carbons (Fsp3) is 1.00. The second kappa shape index (κ2) is 4.01. The van der Waals surface area contributed by atoms with Crippen LogP contribution in [0, 0.1) is 11.8 Å². The highest BCUT2D eigenvalue weighted by Gasteiger charge is 2.36. The lowest BCUT2D eigenvalue weighted by Gasteiger charge is -2.34. The first-order valence-corrected chi connectivity index (χ1v) is 6.87. The van der Waals surface area contributed by atoms with Crippen molar-refractivity contribution >= 4 is 10.9 Å². The van der Waals surface area contributed by atoms with Crippen LogP contribution in [0.4, 0.5) is 0 Å². The van der Waals surface area contributed by atoms with Crippen LogP contribution < -0.4 is 0 Å². The molecule has 2 unspecified atom stereocenters. The third kappa shape index (κ3) is 2.17. The first kappa shape index (κ1) is 10.4. The molecule has 1 aliphatic carbocycles. The van der Waals surface area contributed by atoms with Crippen molar-refractivity contribution < 1.29 is 5.11 Å². The molecule has 0 aromatic carbocycles. The van der Waals surface area contributed by atoms with Gasteiger partial charge >= 0.3 is 0 Å². The minimum absolute atomic E-state index is 0.0511. The summed E-state index contributed by atoms with van der Waals surface area (Å²) >= 11 is 0. The van der Waals surface area contributed by atoms with E-state index in [9.17, 15) is 5.11 Å². The van der Waals surface area contributed by atoms with Crippen LogP contribution in [0.5, 0.6) is 0 Å². The van der Waals surface area contributed by atoms with E-state index in [1.165, 1.54) is 12.8 Å². The van der Waals surface area contributed by atoms with E-state index in [4.69, 9.17) is 0 Å². The Morgan fingerprint density at radius 2 is 1.50 bits per heavy atom. The summed E-state index contributed by atoms with van der Waals surface area (Å²) < 4.78 is 0. The molecule has 72 valence electrons. The van der Waals surface area contributed by atoms with Gasteiger partial charge in [-0.1, -0.05) is 13.8 Å². The van der Waals surface area contributed by atoms with Crippen LogP contribution >= 0.6 is 0 Å². The van der Waals surface area contributed by atoms with Gasteiger partial charge < -0.3 is 5.11 Å². The van der Waals surface area contributed by atoms with Gasteiger partial charge in [0.2, 0.25) is 0 Å². The summed E-state index contributed by atoms with van der Waals surface area (Å²) in [4.78, 5) is 0. The van der Waals surface area contributed by atoms with Crippen LogP contribution in [-0.4, -0.2) is 29.0 Å². The minimum Gasteiger partial charge on any atom is -0.393 e. The van der Waals surface area contributed by atoms with Crippen LogP contribution in [0.15, 0.2) is 0 Å². The van der Waals surface area contributed by atoms with Crippen LogP contribution in [0.1, 0.15) is 26.7 Å². The van der Waals surface area contributed by atoms with E-state index in [2.05, 4.69) is 26.4 Å². The Balaban J connectivity index is 2.53. The largest absolute Gasteiger partial charge is 0.393 e. The SMILES string of the molecule is CC1CC([S+](C)C)CC(C)C1O. The van der Waals surface area contributed by atoms with Crippen molar-refractivity contribution in [1.29, 1.82) is 0 Å². The van der Waals surface area contributed by atoms with E-state index in [1.54, 1.807) is 0 Å². The fourth-order valence-electron chi connectivity index (χ4n) is 2.15. The molecule has 0 aromatic heterocycles. The molecule has 1 N–H and O–H groups in total. The Morgan fingerprint density at radius 3 is 1.83 bits per heavy atom. The van der Waals surface area contributed by atoms with Gasteiger partial charge in [0.25, 0.3) is 0 Å². The maximum Gasteiger partial charge on any atom is 0.118 e. The first-order valence-electron chi connectivity index (χ1n) is 4.76. The molecule has 1 fully saturated rings. The molecule has 0 bridgehead atoms. The standard InChI is InChI=1S/C10H21OS/c1-7-5-9(12(3)4)6-8(2)10(7)11/h7-11H,5-6H2,1-4H3/q+1. The molecule has 0 spiro atoms. The Bertz CT molecular complexity index is 135. The summed E-state index contributed by atoms with van der Waals surface area (Å²) in [7, 11) is 0.531. The fourth-order valence-corrected chi connectivity index (χ4v) is 3.53. The summed E-state index contributed by atoms with van der Waals surface area (Å²) in [6.07, 6.45) is 7.04. The molecule has 1 rings (SSSR count). The summed E-state index contributed by atoms with van der Waals surface area (Å²) in [5.41, 5.74) is 0. The van der Waals surface area contributed by atoms with Gasteiger partial charge in [0.05, 0.1) is 18.6 Å². The number of hydrogen-bond acceptors (Lipinski definition) is 1. The zero-order valence-corrected chi connectivity index (χ0v) is 9.40. The molecule has 2 heteroatoms. The predicted octanol–water partition coefficient (Wildman–Crippen LogP) is 1.66. The van der Waals surface area contributed by atoms with Crippen molar-refractivity contribution in [3.05, 3.63) is 0 Å². The number of rotatable bonds is 1. The third-order valence-electron chi connectivity index (χ3n) is 3.10. The average Bonchev–Trinajstić information content (AvgIpc) is 1.99. The Labute approximate surface area is 78.9 Å². The molecule has 0 aliphatic heterocycles. The van der Waals surface area contributed by atoms with E-state index in [1.807, 2.05) is 0 Å². The van der Waals surface area contributed by atoms with E-state index in [-0.39, 0.29) is 6.10 Å². The Hall–Kier alpha value is 0.310. The lowest BCUT2D eigenvalue weighted by atomic mass is 9.80. The quantitative estimate of drug-likeness (QED) is 0.622. The molecule has 0 aromatic rings. The van der Waals surface area contributed by atoms with E-state index < -0.39 is 0 Å². The molecule has 0 saturated heterocycles. The smallest absolute Gasteiger partial charge is 0.118 e. The lowest BCUT2D eigenvalue weighted by molar-refractivity contribution is 0.0355. The van der Waals surface area contributed by atoms with Gasteiger partial charge in [-0.05, 0) is 35.6 Å². The second-order valence-corrected chi connectivity index (χ2v) is 6.84. The normalized spacial score (nSPS) is 43.5. The Morgan fingerprint density at radius 1 is 1.08 bits per heavy atom. The van der Waals surface area contributed by atoms with Crippen molar-refractivity contribution in [2.45, 2.75) is 38.0 Å². The highest BCUT2D eigenvalue weighted by Crippen LogP contribution is 2.32. The van der Waals surface area contributed by atoms with Gasteiger partial charge in [-0.2, -0.15) is 0 Å². The highest BCUT2D eigenvalue weighted by molar-refractivity contribution is 7.96. The number of hydrogen-bond donors (Lipinski definition) is 1. The molecular formula is C10H21OS+. The maximum atomic E-state index is 9.75. The number of aliphatic hydroxyl groups is 1. The average molecular weight is 189 g/mol. The lowest BCUT2D eigenvalue weighted by Crippen LogP contribution is -2.39. The minimum atomic E-state index is -0.0511. The second-order valence-electron chi connectivity index (χ2n) is 4.42. The van der Waals surface area contributed by atoms with Crippen LogP contribution in [0.2, 0.25) is 0 Å². The van der Waals surface area contributed by atoms with Crippen molar-refractivity contribution in [1.82, 2.24) is 0 Å². The molecule has 12 heavy (non-hydrogen) atoms. The van der Waals surface area contributed by atoms with Gasteiger partial charge in [0.15, 0.2) is 0 Å². The van der Waals surface area contributed by atoms with Crippen molar-refractivity contribution in [2.75, 3.05) is 12.5 Å². The van der Waals surface area contributed by atoms with Gasteiger partial charge in [-0.3, -0.25) is 0 Å². The molecule has 0 amide bonds. The monoisotopic (exact) mass is 189 g/mol. The van der Waals surface area contributed by atoms with Gasteiger partial charge in [-0.15, -0.1) is 0 Å². The Kier molecular flexibility index (Phi) is 3.47. The summed E-state index contributed by atoms with van der Waals surface area (Å²) in [6.45, 7) is 4.36. The molecule has 0 heterocycles. The van der Waals surface area contributed by atoms with Gasteiger partial charge in [-0.25, -0.2) is 0 Å². The van der Waals surface area contributed by atoms with Crippen molar-refractivity contribution in [2.24, 2.45) is 11.8 Å². The van der Waals surface area contributed by atoms with Gasteiger partial charge in [0.1, 0.15) is 5.25 Å². The summed E-state index contributed by atoms with van der Waals surface area (Å²) in [5.74, 6) is 1.02. The summed E-state index contributed by atoms with van der Waals surface area (Å²) in [5, 5.41) is 10.6. The molecule has 2 atom stereocenters. The molecule has 0 radical (unpaired) electrons. The maximum absolute atomic E-state index is 9.75. The van der Waals surface area contributed by atoms with Crippen molar-refractivity contribution in [3.8, 4) is 0 Å². The van der Waals surface area contributed by atoms with Crippen LogP contribution in [-0.2, 0) is 10.9 Å². The van der Waals surface area contributed by atoms with Crippen LogP contribution in [0.25, 0.3) is 0 Å². The van der Waals surface area contributed by atoms with Crippen LogP contribution in [0.3, 0.4) is 0 Å². The van der Waals surface area contributed by atoms with Gasteiger partial charge in [0, 0.05) is 0 Å². The molecule has 1 aliphatic rings. The van der Waals surface area contributed by atoms with E-state index >= 15 is 0 Å². The third-order valence-corrected chi connectivity index (χ3v) is 4.82. The van der Waals surface area contributed by atoms with Crippen molar-refractivity contribution in [3.63, 3.8) is 0 Å². The van der Waals surface area contributed by atoms with E-state index in [0.717, 1.165) is 5.25 Å². The molecule has 1 nitrogen and oxygen atoms in total. The predicted molar refractivity (Wildman–Crippen MR) is 56.6 cm³/mol. The molecule has 1 saturated carbocycles. The molecular weight excluding hydrogens is 168 g/mol. The highest BCUT2D eigenvalue weighted by atomic mass is 32.2.